The summed E-state index contributed by atoms with van der Waals surface area (Å²) in [5, 5.41) is 0. The molecule has 108 valence electrons. The molecule has 0 heterocycles. The topological polar surface area (TPSA) is 0 Å². The van der Waals surface area contributed by atoms with Crippen LogP contribution in [0.5, 0.6) is 0 Å². The average molecular weight is 323 g/mol. The van der Waals surface area contributed by atoms with Crippen LogP contribution in [-0.2, 0) is 17.1 Å². The van der Waals surface area contributed by atoms with Gasteiger partial charge < -0.3 is 60.7 Å². The van der Waals surface area contributed by atoms with Crippen LogP contribution in [0, 0.1) is 48.5 Å². The fourth-order valence-electron chi connectivity index (χ4n) is 0.361. The van der Waals surface area contributed by atoms with Gasteiger partial charge in [0.1, 0.15) is 0 Å². The first-order valence-electron chi connectivity index (χ1n) is 3.67. The van der Waals surface area contributed by atoms with Crippen molar-refractivity contribution >= 4 is 7.81 Å². The van der Waals surface area contributed by atoms with Crippen LogP contribution < -0.4 is 0 Å². The molecule has 2 rings (SSSR count). The van der Waals surface area contributed by atoms with Gasteiger partial charge in [0.15, 0.2) is 0 Å². The minimum atomic E-state index is -10.7. The Balaban J connectivity index is 0. The van der Waals surface area contributed by atoms with E-state index in [0.29, 0.717) is 0 Å². The fraction of sp³-hybridized carbons (Fsp3) is 0. The number of rotatable bonds is 0. The van der Waals surface area contributed by atoms with Gasteiger partial charge in [0, 0.05) is 17.1 Å². The van der Waals surface area contributed by atoms with Gasteiger partial charge in [0.25, 0.3) is 0 Å². The van der Waals surface area contributed by atoms with Gasteiger partial charge in [-0.1, -0.05) is 0 Å². The van der Waals surface area contributed by atoms with E-state index in [1.165, 1.54) is 0 Å². The fourth-order valence-corrected chi connectivity index (χ4v) is 0.361. The largest absolute Gasteiger partial charge is 0.999 e. The first kappa shape index (κ1) is 19.6. The van der Waals surface area contributed by atoms with Gasteiger partial charge in [-0.2, -0.15) is 0 Å². The predicted molar refractivity (Wildman–Crippen MR) is 48.3 cm³/mol. The maximum absolute atomic E-state index is 10.7. The zero-order chi connectivity index (χ0) is 13.5. The van der Waals surface area contributed by atoms with E-state index < -0.39 is 7.81 Å². The summed E-state index contributed by atoms with van der Waals surface area (Å²) in [6.07, 6.45) is 0. The maximum atomic E-state index is 9.87. The van der Waals surface area contributed by atoms with Gasteiger partial charge in [-0.25, -0.2) is 0 Å². The van der Waals surface area contributed by atoms with Crippen LogP contribution in [0.3, 0.4) is 0 Å². The molecule has 8 heteroatoms. The van der Waals surface area contributed by atoms with Crippen molar-refractivity contribution in [1.29, 1.82) is 0 Å². The second kappa shape index (κ2) is 6.41. The van der Waals surface area contributed by atoms with E-state index in [2.05, 4.69) is 48.5 Å². The van der Waals surface area contributed by atoms with Crippen molar-refractivity contribution in [2.75, 3.05) is 0 Å². The normalized spacial score (nSPS) is 13.4. The van der Waals surface area contributed by atoms with Crippen molar-refractivity contribution in [3.63, 3.8) is 0 Å². The van der Waals surface area contributed by atoms with E-state index in [1.807, 2.05) is 0 Å². The molecule has 0 N–H and O–H groups in total. The van der Waals surface area contributed by atoms with E-state index in [9.17, 15) is 25.2 Å². The van der Waals surface area contributed by atoms with Gasteiger partial charge >= 0.3 is 33.0 Å². The van der Waals surface area contributed by atoms with Crippen molar-refractivity contribution in [3.05, 3.63) is 60.7 Å². The molecule has 0 nitrogen and oxygen atoms in total. The smallest absolute Gasteiger partial charge is 0 e. The van der Waals surface area contributed by atoms with Crippen molar-refractivity contribution < 1.29 is 42.3 Å². The summed E-state index contributed by atoms with van der Waals surface area (Å²) in [6, 6.07) is 24.0. The minimum absolute atomic E-state index is 0. The van der Waals surface area contributed by atoms with Crippen molar-refractivity contribution in [2.24, 2.45) is 0 Å². The van der Waals surface area contributed by atoms with Crippen LogP contribution in [0.4, 0.5) is 25.2 Å². The number of hydrogen-bond donors (Lipinski definition) is 0. The third-order valence-corrected chi connectivity index (χ3v) is 0.702. The zero-order valence-electron chi connectivity index (χ0n) is 8.22. The monoisotopic (exact) mass is 323 g/mol. The van der Waals surface area contributed by atoms with Crippen LogP contribution in [0.25, 0.3) is 0 Å². The molecule has 18 heavy (non-hydrogen) atoms. The summed E-state index contributed by atoms with van der Waals surface area (Å²) in [7, 11) is -10.7. The molecule has 0 amide bonds. The Labute approximate surface area is 111 Å². The predicted octanol–water partition coefficient (Wildman–Crippen LogP) is 4.59. The van der Waals surface area contributed by atoms with Gasteiger partial charge in [-0.3, -0.25) is 0 Å². The van der Waals surface area contributed by atoms with E-state index in [1.54, 1.807) is 12.1 Å². The summed E-state index contributed by atoms with van der Waals surface area (Å²) in [5.41, 5.74) is 0. The third kappa shape index (κ3) is 36.2. The first-order chi connectivity index (χ1) is 7.45. The summed E-state index contributed by atoms with van der Waals surface area (Å²) < 4.78 is 59.2. The standard InChI is InChI=1S/2C5H.F6P.Fe/c2*1-2-4-5-3-1;1-7(2,3,4,5)6;/h2*1H;;/q2*-5;-1;. The molecule has 0 aromatic heterocycles. The maximum Gasteiger partial charge on any atom is 0 e. The quantitative estimate of drug-likeness (QED) is 0.288. The number of halogens is 6. The molecule has 0 unspecified atom stereocenters. The molecule has 0 radical (unpaired) electrons. The molecule has 2 aromatic rings. The zero-order valence-corrected chi connectivity index (χ0v) is 10.2. The first-order valence-corrected chi connectivity index (χ1v) is 5.70. The second-order valence-electron chi connectivity index (χ2n) is 2.32. The SMILES string of the molecule is F[P-](F)(F)(F)(F)F.[Fe].[c-]1[c-][c-][cH-][c-]1.[c-]1[c-][c-][cH-][c-]1. The van der Waals surface area contributed by atoms with Gasteiger partial charge in [0.2, 0.25) is 0 Å². The summed E-state index contributed by atoms with van der Waals surface area (Å²) >= 11 is 0. The van der Waals surface area contributed by atoms with Gasteiger partial charge in [0.05, 0.1) is 0 Å². The van der Waals surface area contributed by atoms with E-state index in [4.69, 9.17) is 0 Å². The number of hydrogen-bond acceptors (Lipinski definition) is 0. The van der Waals surface area contributed by atoms with Crippen molar-refractivity contribution in [3.8, 4) is 0 Å². The molecular formula is C10H2F6FeP-11. The summed E-state index contributed by atoms with van der Waals surface area (Å²) in [5.74, 6) is 0. The Morgan fingerprint density at radius 2 is 0.722 bits per heavy atom. The molecule has 0 saturated heterocycles. The second-order valence-corrected chi connectivity index (χ2v) is 4.24. The van der Waals surface area contributed by atoms with Crippen LogP contribution in [0.15, 0.2) is 12.1 Å². The van der Waals surface area contributed by atoms with E-state index in [-0.39, 0.29) is 17.1 Å². The van der Waals surface area contributed by atoms with Crippen LogP contribution in [-0.4, -0.2) is 0 Å². The summed E-state index contributed by atoms with van der Waals surface area (Å²) in [4.78, 5) is 0. The molecule has 2 aromatic carbocycles. The Morgan fingerprint density at radius 1 is 0.556 bits per heavy atom. The molecular weight excluding hydrogens is 321 g/mol. The molecule has 0 atom stereocenters. The summed E-state index contributed by atoms with van der Waals surface area (Å²) in [6.45, 7) is 0. The molecule has 0 aliphatic carbocycles. The van der Waals surface area contributed by atoms with Crippen molar-refractivity contribution in [2.45, 2.75) is 0 Å². The molecule has 0 spiro atoms. The Kier molecular flexibility index (Phi) is 6.97. The van der Waals surface area contributed by atoms with Crippen molar-refractivity contribution in [1.82, 2.24) is 0 Å². The molecule has 0 bridgehead atoms. The molecule has 0 fully saturated rings. The Morgan fingerprint density at radius 3 is 0.778 bits per heavy atom. The minimum Gasteiger partial charge on any atom is -0.999 e. The van der Waals surface area contributed by atoms with Gasteiger partial charge in [-0.15, -0.1) is 0 Å². The van der Waals surface area contributed by atoms with Gasteiger partial charge in [-0.05, 0) is 0 Å². The van der Waals surface area contributed by atoms with Crippen LogP contribution >= 0.6 is 7.81 Å². The molecule has 0 saturated carbocycles. The van der Waals surface area contributed by atoms with Crippen LogP contribution in [0.2, 0.25) is 0 Å². The van der Waals surface area contributed by atoms with E-state index >= 15 is 0 Å². The van der Waals surface area contributed by atoms with Crippen LogP contribution in [0.1, 0.15) is 0 Å². The molecule has 0 aliphatic rings. The van der Waals surface area contributed by atoms with E-state index in [0.717, 1.165) is 0 Å². The molecule has 0 aliphatic heterocycles. The third-order valence-electron chi connectivity index (χ3n) is 0.702. The average Bonchev–Trinajstić information content (AvgIpc) is 2.78. The Hall–Kier alpha value is -0.771. The Bertz CT molecular complexity index is 302.